The molecule has 0 aliphatic carbocycles. The fourth-order valence-corrected chi connectivity index (χ4v) is 1.82. The highest BCUT2D eigenvalue weighted by molar-refractivity contribution is 5.77. The van der Waals surface area contributed by atoms with Crippen molar-refractivity contribution in [3.63, 3.8) is 0 Å². The summed E-state index contributed by atoms with van der Waals surface area (Å²) in [4.78, 5) is 24.0. The second-order valence-corrected chi connectivity index (χ2v) is 3.86. The molecule has 1 fully saturated rings. The van der Waals surface area contributed by atoms with Gasteiger partial charge in [-0.2, -0.15) is 0 Å². The van der Waals surface area contributed by atoms with Gasteiger partial charge in [0, 0.05) is 19.5 Å². The molecule has 1 rings (SSSR count). The predicted molar refractivity (Wildman–Crippen MR) is 55.3 cm³/mol. The van der Waals surface area contributed by atoms with Gasteiger partial charge in [-0.05, 0) is 19.4 Å². The Balaban J connectivity index is 2.30. The maximum atomic E-state index is 11.0. The minimum absolute atomic E-state index is 0.0697. The number of amides is 2. The first-order valence-electron chi connectivity index (χ1n) is 5.14. The van der Waals surface area contributed by atoms with Crippen LogP contribution in [0.4, 0.5) is 0 Å². The Hall–Kier alpha value is -1.14. The first kappa shape index (κ1) is 11.9. The molecule has 5 N–H and O–H groups in total. The number of likely N-dealkylation sites (tertiary alicyclic amines) is 1. The highest BCUT2D eigenvalue weighted by Gasteiger charge is 2.23. The maximum Gasteiger partial charge on any atom is 0.235 e. The molecule has 2 amide bonds. The molecule has 1 aliphatic rings. The molecular weight excluding hydrogens is 196 g/mol. The zero-order valence-electron chi connectivity index (χ0n) is 8.74. The number of carbonyl (C=O) groups excluding carboxylic acids is 2. The second kappa shape index (κ2) is 5.67. The second-order valence-electron chi connectivity index (χ2n) is 3.86. The number of nitrogens with one attached hydrogen (secondary N) is 1. The molecule has 0 spiro atoms. The van der Waals surface area contributed by atoms with Crippen LogP contribution in [0.5, 0.6) is 0 Å². The molecule has 0 bridgehead atoms. The number of primary amides is 1. The van der Waals surface area contributed by atoms with Crippen LogP contribution in [0, 0.1) is 5.92 Å². The van der Waals surface area contributed by atoms with E-state index in [1.54, 1.807) is 0 Å². The first-order chi connectivity index (χ1) is 7.13. The topological polar surface area (TPSA) is 101 Å². The van der Waals surface area contributed by atoms with E-state index in [2.05, 4.69) is 10.3 Å². The minimum atomic E-state index is -0.247. The molecule has 0 aromatic rings. The fraction of sp³-hybridized carbons (Fsp3) is 0.778. The number of rotatable bonds is 4. The highest BCUT2D eigenvalue weighted by Crippen LogP contribution is 2.15. The van der Waals surface area contributed by atoms with E-state index in [0.29, 0.717) is 19.5 Å². The summed E-state index contributed by atoms with van der Waals surface area (Å²) < 4.78 is 0. The Morgan fingerprint density at radius 1 is 1.47 bits per heavy atom. The van der Waals surface area contributed by atoms with Gasteiger partial charge in [-0.1, -0.05) is 0 Å². The van der Waals surface area contributed by atoms with Gasteiger partial charge in [-0.25, -0.2) is 5.84 Å². The number of nitrogens with two attached hydrogens (primary N) is 2. The van der Waals surface area contributed by atoms with Crippen LogP contribution in [0.15, 0.2) is 0 Å². The van der Waals surface area contributed by atoms with Crippen molar-refractivity contribution in [1.82, 2.24) is 10.3 Å². The van der Waals surface area contributed by atoms with Gasteiger partial charge in [0.05, 0.1) is 5.92 Å². The van der Waals surface area contributed by atoms with Crippen molar-refractivity contribution >= 4 is 11.8 Å². The van der Waals surface area contributed by atoms with Crippen LogP contribution in [0.25, 0.3) is 0 Å². The monoisotopic (exact) mass is 214 g/mol. The van der Waals surface area contributed by atoms with Gasteiger partial charge in [0.25, 0.3) is 0 Å². The van der Waals surface area contributed by atoms with E-state index in [1.807, 2.05) is 0 Å². The zero-order chi connectivity index (χ0) is 11.3. The molecule has 1 heterocycles. The number of hydrogen-bond donors (Lipinski definition) is 3. The van der Waals surface area contributed by atoms with E-state index < -0.39 is 0 Å². The van der Waals surface area contributed by atoms with Crippen molar-refractivity contribution in [3.8, 4) is 0 Å². The third-order valence-corrected chi connectivity index (χ3v) is 2.72. The number of nitrogens with zero attached hydrogens (tertiary/aromatic N) is 1. The molecule has 1 saturated heterocycles. The van der Waals surface area contributed by atoms with Crippen LogP contribution in [-0.4, -0.2) is 36.3 Å². The Kier molecular flexibility index (Phi) is 4.51. The number of piperidine rings is 1. The van der Waals surface area contributed by atoms with Gasteiger partial charge in [0.15, 0.2) is 0 Å². The summed E-state index contributed by atoms with van der Waals surface area (Å²) >= 11 is 0. The van der Waals surface area contributed by atoms with Crippen molar-refractivity contribution in [2.75, 3.05) is 19.6 Å². The van der Waals surface area contributed by atoms with Crippen molar-refractivity contribution < 1.29 is 9.59 Å². The molecule has 6 heteroatoms. The smallest absolute Gasteiger partial charge is 0.235 e. The van der Waals surface area contributed by atoms with Crippen molar-refractivity contribution in [2.45, 2.75) is 19.3 Å². The number of carbonyl (C=O) groups is 2. The maximum absolute atomic E-state index is 11.0. The molecule has 1 unspecified atom stereocenters. The molecule has 0 aromatic carbocycles. The Morgan fingerprint density at radius 2 is 2.20 bits per heavy atom. The van der Waals surface area contributed by atoms with Gasteiger partial charge >= 0.3 is 0 Å². The lowest BCUT2D eigenvalue weighted by Crippen LogP contribution is -2.42. The molecule has 6 nitrogen and oxygen atoms in total. The highest BCUT2D eigenvalue weighted by atomic mass is 16.2. The summed E-state index contributed by atoms with van der Waals surface area (Å²) in [5.74, 6) is 4.47. The van der Waals surface area contributed by atoms with Gasteiger partial charge in [-0.15, -0.1) is 0 Å². The quantitative estimate of drug-likeness (QED) is 0.303. The summed E-state index contributed by atoms with van der Waals surface area (Å²) in [6.07, 6.45) is 2.18. The number of hydrazine groups is 1. The fourth-order valence-electron chi connectivity index (χ4n) is 1.82. The Morgan fingerprint density at radius 3 is 2.80 bits per heavy atom. The average molecular weight is 214 g/mol. The summed E-state index contributed by atoms with van der Waals surface area (Å²) in [6, 6.07) is 0. The summed E-state index contributed by atoms with van der Waals surface area (Å²) in [5, 5.41) is 0. The zero-order valence-corrected chi connectivity index (χ0v) is 8.74. The Bertz CT molecular complexity index is 244. The van der Waals surface area contributed by atoms with Crippen LogP contribution >= 0.6 is 0 Å². The van der Waals surface area contributed by atoms with E-state index in [-0.39, 0.29) is 17.7 Å². The standard InChI is InChI=1S/C9H18N4O2/c10-9(15)7-2-1-4-13(6-7)5-3-8(14)12-11/h7H,1-6,11H2,(H2,10,15)(H,12,14). The van der Waals surface area contributed by atoms with E-state index in [4.69, 9.17) is 11.6 Å². The average Bonchev–Trinajstić information content (AvgIpc) is 2.26. The third kappa shape index (κ3) is 3.85. The predicted octanol–water partition coefficient (Wildman–Crippen LogP) is -1.44. The molecule has 15 heavy (non-hydrogen) atoms. The molecule has 86 valence electrons. The largest absolute Gasteiger partial charge is 0.369 e. The molecule has 0 saturated carbocycles. The molecule has 0 radical (unpaired) electrons. The lowest BCUT2D eigenvalue weighted by molar-refractivity contribution is -0.123. The SMILES string of the molecule is NNC(=O)CCN1CCCC(C(N)=O)C1. The van der Waals surface area contributed by atoms with Crippen LogP contribution in [0.1, 0.15) is 19.3 Å². The van der Waals surface area contributed by atoms with Gasteiger partial charge in [0.2, 0.25) is 11.8 Å². The minimum Gasteiger partial charge on any atom is -0.369 e. The van der Waals surface area contributed by atoms with E-state index in [9.17, 15) is 9.59 Å². The van der Waals surface area contributed by atoms with E-state index in [1.165, 1.54) is 0 Å². The van der Waals surface area contributed by atoms with E-state index >= 15 is 0 Å². The molecule has 1 atom stereocenters. The van der Waals surface area contributed by atoms with Gasteiger partial charge in [-0.3, -0.25) is 15.0 Å². The molecule has 1 aliphatic heterocycles. The Labute approximate surface area is 88.9 Å². The third-order valence-electron chi connectivity index (χ3n) is 2.72. The van der Waals surface area contributed by atoms with Crippen molar-refractivity contribution in [2.24, 2.45) is 17.5 Å². The summed E-state index contributed by atoms with van der Waals surface area (Å²) in [7, 11) is 0. The normalized spacial score (nSPS) is 22.3. The summed E-state index contributed by atoms with van der Waals surface area (Å²) in [5.41, 5.74) is 7.33. The van der Waals surface area contributed by atoms with Crippen LogP contribution in [-0.2, 0) is 9.59 Å². The van der Waals surface area contributed by atoms with Gasteiger partial charge in [0.1, 0.15) is 0 Å². The van der Waals surface area contributed by atoms with Crippen LogP contribution in [0.3, 0.4) is 0 Å². The van der Waals surface area contributed by atoms with Gasteiger partial charge < -0.3 is 10.6 Å². The van der Waals surface area contributed by atoms with Crippen LogP contribution < -0.4 is 17.0 Å². The van der Waals surface area contributed by atoms with Crippen molar-refractivity contribution in [1.29, 1.82) is 0 Å². The van der Waals surface area contributed by atoms with Crippen molar-refractivity contribution in [3.05, 3.63) is 0 Å². The lowest BCUT2D eigenvalue weighted by atomic mass is 9.97. The summed E-state index contributed by atoms with van der Waals surface area (Å²) in [6.45, 7) is 2.21. The lowest BCUT2D eigenvalue weighted by Gasteiger charge is -2.30. The number of hydrogen-bond acceptors (Lipinski definition) is 4. The first-order valence-corrected chi connectivity index (χ1v) is 5.14. The van der Waals surface area contributed by atoms with Crippen LogP contribution in [0.2, 0.25) is 0 Å². The molecule has 0 aromatic heterocycles. The van der Waals surface area contributed by atoms with E-state index in [0.717, 1.165) is 19.4 Å². The molecular formula is C9H18N4O2.